The van der Waals surface area contributed by atoms with Crippen molar-refractivity contribution in [2.75, 3.05) is 19.0 Å². The van der Waals surface area contributed by atoms with Crippen molar-refractivity contribution in [1.29, 1.82) is 0 Å². The number of anilines is 1. The van der Waals surface area contributed by atoms with Gasteiger partial charge in [0.05, 0.1) is 24.1 Å². The smallest absolute Gasteiger partial charge is 0.410 e. The van der Waals surface area contributed by atoms with Crippen LogP contribution in [0.1, 0.15) is 67.1 Å². The summed E-state index contributed by atoms with van der Waals surface area (Å²) < 4.78 is 10.4. The van der Waals surface area contributed by atoms with E-state index in [2.05, 4.69) is 5.32 Å². The van der Waals surface area contributed by atoms with Gasteiger partial charge in [-0.1, -0.05) is 55.5 Å². The maximum Gasteiger partial charge on any atom is 0.410 e. The van der Waals surface area contributed by atoms with E-state index in [1.54, 1.807) is 23.1 Å². The van der Waals surface area contributed by atoms with Crippen LogP contribution in [0.3, 0.4) is 0 Å². The average molecular weight is 542 g/mol. The standard InChI is InChI=1S/C32H35N3O5/c1-6-18-35(31(38)40-32(2,3)4)20-21-12-15-24(16-13-21)33-28(22-10-8-7-9-11-22)27-25-17-14-23(30(37)39-5)19-26(25)34-29(27)36/h7-17,19,27H,6,18,20H2,1-5H3,(H,34,36). The number of nitrogens with one attached hydrogen (secondary N) is 1. The minimum atomic E-state index is -0.656. The van der Waals surface area contributed by atoms with E-state index in [0.29, 0.717) is 35.7 Å². The van der Waals surface area contributed by atoms with Crippen LogP contribution in [0.4, 0.5) is 16.2 Å². The lowest BCUT2D eigenvalue weighted by molar-refractivity contribution is -0.115. The molecule has 1 aliphatic rings. The van der Waals surface area contributed by atoms with Gasteiger partial charge in [-0.3, -0.25) is 9.79 Å². The van der Waals surface area contributed by atoms with Crippen molar-refractivity contribution < 1.29 is 23.9 Å². The van der Waals surface area contributed by atoms with Gasteiger partial charge in [0.1, 0.15) is 11.5 Å². The zero-order chi connectivity index (χ0) is 28.9. The number of esters is 1. The topological polar surface area (TPSA) is 97.3 Å². The third kappa shape index (κ3) is 6.75. The Bertz CT molecular complexity index is 1410. The quantitative estimate of drug-likeness (QED) is 0.260. The van der Waals surface area contributed by atoms with E-state index in [-0.39, 0.29) is 12.0 Å². The number of amides is 2. The molecule has 0 aromatic heterocycles. The molecule has 1 heterocycles. The van der Waals surface area contributed by atoms with E-state index in [0.717, 1.165) is 23.1 Å². The average Bonchev–Trinajstić information content (AvgIpc) is 3.26. The molecule has 8 heteroatoms. The van der Waals surface area contributed by atoms with Crippen LogP contribution in [0.2, 0.25) is 0 Å². The second kappa shape index (κ2) is 12.2. The molecule has 0 spiro atoms. The summed E-state index contributed by atoms with van der Waals surface area (Å²) in [5, 5.41) is 2.90. The Morgan fingerprint density at radius 3 is 2.30 bits per heavy atom. The highest BCUT2D eigenvalue weighted by Gasteiger charge is 2.36. The summed E-state index contributed by atoms with van der Waals surface area (Å²) >= 11 is 0. The first-order chi connectivity index (χ1) is 19.1. The molecule has 208 valence electrons. The van der Waals surface area contributed by atoms with Gasteiger partial charge in [0, 0.05) is 18.8 Å². The van der Waals surface area contributed by atoms with E-state index in [1.165, 1.54) is 7.11 Å². The number of methoxy groups -OCH3 is 1. The van der Waals surface area contributed by atoms with Crippen molar-refractivity contribution in [2.24, 2.45) is 4.99 Å². The first-order valence-corrected chi connectivity index (χ1v) is 13.3. The van der Waals surface area contributed by atoms with E-state index in [4.69, 9.17) is 14.5 Å². The van der Waals surface area contributed by atoms with E-state index < -0.39 is 17.5 Å². The first kappa shape index (κ1) is 28.5. The van der Waals surface area contributed by atoms with Crippen LogP contribution in [-0.4, -0.2) is 47.8 Å². The number of benzene rings is 3. The molecule has 1 unspecified atom stereocenters. The number of carbonyl (C=O) groups excluding carboxylic acids is 3. The lowest BCUT2D eigenvalue weighted by atomic mass is 9.90. The van der Waals surface area contributed by atoms with Crippen molar-refractivity contribution in [3.8, 4) is 0 Å². The Hall–Kier alpha value is -4.46. The summed E-state index contributed by atoms with van der Waals surface area (Å²) in [6, 6.07) is 22.2. The minimum Gasteiger partial charge on any atom is -0.465 e. The molecule has 1 aliphatic heterocycles. The lowest BCUT2D eigenvalue weighted by Gasteiger charge is -2.27. The predicted molar refractivity (Wildman–Crippen MR) is 155 cm³/mol. The van der Waals surface area contributed by atoms with Crippen molar-refractivity contribution in [3.05, 3.63) is 95.1 Å². The Labute approximate surface area is 235 Å². The van der Waals surface area contributed by atoms with Gasteiger partial charge in [-0.25, -0.2) is 9.59 Å². The van der Waals surface area contributed by atoms with Crippen molar-refractivity contribution in [3.63, 3.8) is 0 Å². The highest BCUT2D eigenvalue weighted by Crippen LogP contribution is 2.37. The monoisotopic (exact) mass is 541 g/mol. The molecule has 3 aromatic carbocycles. The SMILES string of the molecule is CCCN(Cc1ccc(N=C(c2ccccc2)C2C(=O)Nc3cc(C(=O)OC)ccc32)cc1)C(=O)OC(C)(C)C. The second-order valence-electron chi connectivity index (χ2n) is 10.6. The fraction of sp³-hybridized carbons (Fsp3) is 0.312. The number of aliphatic imine (C=N–C) groups is 1. The Kier molecular flexibility index (Phi) is 8.67. The van der Waals surface area contributed by atoms with Gasteiger partial charge in [-0.05, 0) is 68.1 Å². The summed E-state index contributed by atoms with van der Waals surface area (Å²) in [5.41, 5.74) is 4.13. The fourth-order valence-corrected chi connectivity index (χ4v) is 4.55. The Morgan fingerprint density at radius 2 is 1.68 bits per heavy atom. The van der Waals surface area contributed by atoms with Crippen LogP contribution >= 0.6 is 0 Å². The molecule has 0 fully saturated rings. The third-order valence-electron chi connectivity index (χ3n) is 6.35. The summed E-state index contributed by atoms with van der Waals surface area (Å²) in [6.45, 7) is 8.58. The molecule has 1 atom stereocenters. The van der Waals surface area contributed by atoms with Crippen LogP contribution in [0.15, 0.2) is 77.8 Å². The highest BCUT2D eigenvalue weighted by atomic mass is 16.6. The molecule has 0 radical (unpaired) electrons. The van der Waals surface area contributed by atoms with Gasteiger partial charge in [-0.15, -0.1) is 0 Å². The summed E-state index contributed by atoms with van der Waals surface area (Å²) in [5.74, 6) is -1.35. The summed E-state index contributed by atoms with van der Waals surface area (Å²) in [4.78, 5) is 44.6. The lowest BCUT2D eigenvalue weighted by Crippen LogP contribution is -2.36. The van der Waals surface area contributed by atoms with Gasteiger partial charge in [-0.2, -0.15) is 0 Å². The van der Waals surface area contributed by atoms with Crippen LogP contribution < -0.4 is 5.32 Å². The van der Waals surface area contributed by atoms with Crippen LogP contribution in [0.5, 0.6) is 0 Å². The molecule has 1 N–H and O–H groups in total. The number of carbonyl (C=O) groups is 3. The van der Waals surface area contributed by atoms with Gasteiger partial charge in [0.2, 0.25) is 5.91 Å². The Morgan fingerprint density at radius 1 is 0.975 bits per heavy atom. The normalized spacial score (nSPS) is 14.8. The van der Waals surface area contributed by atoms with Gasteiger partial charge in [0.15, 0.2) is 0 Å². The van der Waals surface area contributed by atoms with E-state index in [1.807, 2.05) is 82.3 Å². The third-order valence-corrected chi connectivity index (χ3v) is 6.35. The predicted octanol–water partition coefficient (Wildman–Crippen LogP) is 6.48. The molecule has 0 saturated heterocycles. The van der Waals surface area contributed by atoms with Crippen LogP contribution in [0, 0.1) is 0 Å². The number of rotatable bonds is 8. The number of hydrogen-bond acceptors (Lipinski definition) is 6. The van der Waals surface area contributed by atoms with Gasteiger partial charge < -0.3 is 19.7 Å². The summed E-state index contributed by atoms with van der Waals surface area (Å²) in [6.07, 6.45) is 0.470. The van der Waals surface area contributed by atoms with Crippen molar-refractivity contribution in [2.45, 2.75) is 52.2 Å². The van der Waals surface area contributed by atoms with Crippen LogP contribution in [0.25, 0.3) is 0 Å². The second-order valence-corrected chi connectivity index (χ2v) is 10.6. The summed E-state index contributed by atoms with van der Waals surface area (Å²) in [7, 11) is 1.32. The number of ether oxygens (including phenoxy) is 2. The largest absolute Gasteiger partial charge is 0.465 e. The molecule has 0 saturated carbocycles. The molecular formula is C32H35N3O5. The fourth-order valence-electron chi connectivity index (χ4n) is 4.55. The highest BCUT2D eigenvalue weighted by molar-refractivity contribution is 6.24. The molecule has 0 bridgehead atoms. The Balaban J connectivity index is 1.65. The number of hydrogen-bond donors (Lipinski definition) is 1. The molecule has 3 aromatic rings. The molecule has 4 rings (SSSR count). The van der Waals surface area contributed by atoms with E-state index >= 15 is 0 Å². The molecule has 8 nitrogen and oxygen atoms in total. The van der Waals surface area contributed by atoms with Crippen molar-refractivity contribution in [1.82, 2.24) is 4.90 Å². The minimum absolute atomic E-state index is 0.219. The number of fused-ring (bicyclic) bond motifs is 1. The van der Waals surface area contributed by atoms with Crippen molar-refractivity contribution >= 4 is 35.1 Å². The first-order valence-electron chi connectivity index (χ1n) is 13.3. The molecule has 0 aliphatic carbocycles. The van der Waals surface area contributed by atoms with Crippen LogP contribution in [-0.2, 0) is 20.8 Å². The van der Waals surface area contributed by atoms with Gasteiger partial charge in [0.25, 0.3) is 0 Å². The molecule has 2 amide bonds. The van der Waals surface area contributed by atoms with Gasteiger partial charge >= 0.3 is 12.1 Å². The van der Waals surface area contributed by atoms with E-state index in [9.17, 15) is 14.4 Å². The zero-order valence-corrected chi connectivity index (χ0v) is 23.6. The molecule has 40 heavy (non-hydrogen) atoms. The maximum absolute atomic E-state index is 13.2. The molecular weight excluding hydrogens is 506 g/mol. The zero-order valence-electron chi connectivity index (χ0n) is 23.6. The maximum atomic E-state index is 13.2. The number of nitrogens with zero attached hydrogens (tertiary/aromatic N) is 2.